The van der Waals surface area contributed by atoms with Gasteiger partial charge in [0, 0.05) is 48.9 Å². The number of aromatic nitrogens is 2. The number of nitrogens with zero attached hydrogens (tertiary/aromatic N) is 4. The van der Waals surface area contributed by atoms with Crippen molar-refractivity contribution >= 4 is 39.2 Å². The molecule has 0 spiro atoms. The number of carbonyl (C=O) groups excluding carboxylic acids is 2. The zero-order valence-corrected chi connectivity index (χ0v) is 21.2. The molecule has 0 unspecified atom stereocenters. The Labute approximate surface area is 201 Å². The van der Waals surface area contributed by atoms with E-state index in [4.69, 9.17) is 0 Å². The van der Waals surface area contributed by atoms with E-state index in [1.54, 1.807) is 17.7 Å². The zero-order chi connectivity index (χ0) is 23.5. The Bertz CT molecular complexity index is 986. The Morgan fingerprint density at radius 3 is 2.36 bits per heavy atom. The lowest BCUT2D eigenvalue weighted by atomic mass is 9.94. The van der Waals surface area contributed by atoms with Crippen LogP contribution in [0.3, 0.4) is 0 Å². The molecule has 7 nitrogen and oxygen atoms in total. The van der Waals surface area contributed by atoms with Gasteiger partial charge in [-0.25, -0.2) is 9.97 Å². The van der Waals surface area contributed by atoms with Gasteiger partial charge in [0.05, 0.1) is 5.39 Å². The van der Waals surface area contributed by atoms with Gasteiger partial charge in [-0.15, -0.1) is 11.3 Å². The minimum absolute atomic E-state index is 0.0492. The summed E-state index contributed by atoms with van der Waals surface area (Å²) in [5.41, 5.74) is 1.26. The molecule has 0 atom stereocenters. The van der Waals surface area contributed by atoms with E-state index in [0.29, 0.717) is 0 Å². The topological polar surface area (TPSA) is 78.4 Å². The van der Waals surface area contributed by atoms with Gasteiger partial charge in [-0.05, 0) is 57.9 Å². The smallest absolute Gasteiger partial charge is 0.225 e. The van der Waals surface area contributed by atoms with Crippen LogP contribution in [0.15, 0.2) is 6.33 Å². The molecule has 2 aliphatic rings. The third kappa shape index (κ3) is 5.00. The number of nitrogens with one attached hydrogen (secondary N) is 1. The molecular formula is C25H37N5O2S. The number of rotatable bonds is 6. The van der Waals surface area contributed by atoms with E-state index in [9.17, 15) is 9.59 Å². The van der Waals surface area contributed by atoms with E-state index >= 15 is 0 Å². The van der Waals surface area contributed by atoms with Gasteiger partial charge in [-0.3, -0.25) is 9.59 Å². The highest BCUT2D eigenvalue weighted by molar-refractivity contribution is 7.18. The molecule has 2 aromatic rings. The van der Waals surface area contributed by atoms with Crippen molar-refractivity contribution in [3.8, 4) is 0 Å². The molecule has 4 rings (SSSR count). The number of fused-ring (bicyclic) bond motifs is 1. The maximum Gasteiger partial charge on any atom is 0.225 e. The van der Waals surface area contributed by atoms with Gasteiger partial charge in [0.2, 0.25) is 11.8 Å². The second-order valence-corrected chi connectivity index (χ2v) is 10.7. The highest BCUT2D eigenvalue weighted by Gasteiger charge is 2.31. The van der Waals surface area contributed by atoms with Crippen molar-refractivity contribution in [2.45, 2.75) is 72.3 Å². The summed E-state index contributed by atoms with van der Waals surface area (Å²) in [6, 6.07) is 0.180. The molecule has 0 saturated carbocycles. The molecule has 0 radical (unpaired) electrons. The lowest BCUT2D eigenvalue weighted by Gasteiger charge is -2.36. The Morgan fingerprint density at radius 2 is 1.73 bits per heavy atom. The van der Waals surface area contributed by atoms with Gasteiger partial charge in [0.25, 0.3) is 0 Å². The fraction of sp³-hybridized carbons (Fsp3) is 0.680. The standard InChI is InChI=1S/C25H37N5O2S/c1-5-18(6-2)25(32)30-13-9-20(10-14-30)28-23(31)19-7-11-29(12-8-19)22-21-16(3)17(4)33-24(21)27-15-26-22/h15,18-20H,5-14H2,1-4H3,(H,28,31). The summed E-state index contributed by atoms with van der Waals surface area (Å²) in [4.78, 5) is 41.3. The molecule has 2 saturated heterocycles. The highest BCUT2D eigenvalue weighted by Crippen LogP contribution is 2.35. The molecule has 0 aromatic carbocycles. The largest absolute Gasteiger partial charge is 0.356 e. The Hall–Kier alpha value is -2.22. The number of piperidine rings is 2. The molecular weight excluding hydrogens is 434 g/mol. The Balaban J connectivity index is 1.28. The molecule has 2 aromatic heterocycles. The SMILES string of the molecule is CCC(CC)C(=O)N1CCC(NC(=O)C2CCN(c3ncnc4sc(C)c(C)c34)CC2)CC1. The van der Waals surface area contributed by atoms with E-state index in [0.717, 1.165) is 80.7 Å². The number of hydrogen-bond donors (Lipinski definition) is 1. The van der Waals surface area contributed by atoms with Gasteiger partial charge >= 0.3 is 0 Å². The van der Waals surface area contributed by atoms with Crippen LogP contribution in [-0.2, 0) is 9.59 Å². The minimum atomic E-state index is 0.0492. The van der Waals surface area contributed by atoms with Gasteiger partial charge < -0.3 is 15.1 Å². The summed E-state index contributed by atoms with van der Waals surface area (Å²) >= 11 is 1.72. The summed E-state index contributed by atoms with van der Waals surface area (Å²) in [6.07, 6.45) is 6.84. The molecule has 0 bridgehead atoms. The fourth-order valence-corrected chi connectivity index (χ4v) is 6.21. The van der Waals surface area contributed by atoms with Crippen LogP contribution < -0.4 is 10.2 Å². The first-order chi connectivity index (χ1) is 15.9. The van der Waals surface area contributed by atoms with E-state index in [2.05, 4.69) is 47.9 Å². The lowest BCUT2D eigenvalue weighted by Crippen LogP contribution is -2.50. The van der Waals surface area contributed by atoms with E-state index in [1.165, 1.54) is 10.4 Å². The lowest BCUT2D eigenvalue weighted by molar-refractivity contribution is -0.137. The summed E-state index contributed by atoms with van der Waals surface area (Å²) in [7, 11) is 0. The van der Waals surface area contributed by atoms with Gasteiger partial charge in [0.1, 0.15) is 17.0 Å². The molecule has 33 heavy (non-hydrogen) atoms. The summed E-state index contributed by atoms with van der Waals surface area (Å²) in [5, 5.41) is 4.45. The van der Waals surface area contributed by atoms with Crippen LogP contribution in [0.1, 0.15) is 62.8 Å². The van der Waals surface area contributed by atoms with Crippen LogP contribution in [0.5, 0.6) is 0 Å². The molecule has 180 valence electrons. The summed E-state index contributed by atoms with van der Waals surface area (Å²) in [5.74, 6) is 1.66. The third-order valence-corrected chi connectivity index (χ3v) is 8.71. The molecule has 2 amide bonds. The van der Waals surface area contributed by atoms with Gasteiger partial charge in [0.15, 0.2) is 0 Å². The maximum atomic E-state index is 13.0. The molecule has 1 N–H and O–H groups in total. The molecule has 0 aliphatic carbocycles. The quantitative estimate of drug-likeness (QED) is 0.687. The first-order valence-electron chi connectivity index (χ1n) is 12.5. The minimum Gasteiger partial charge on any atom is -0.356 e. The van der Waals surface area contributed by atoms with Crippen molar-refractivity contribution in [1.82, 2.24) is 20.2 Å². The predicted molar refractivity (Wildman–Crippen MR) is 134 cm³/mol. The molecule has 2 aliphatic heterocycles. The van der Waals surface area contributed by atoms with Crippen molar-refractivity contribution in [2.24, 2.45) is 11.8 Å². The van der Waals surface area contributed by atoms with Crippen molar-refractivity contribution in [3.63, 3.8) is 0 Å². The normalized spacial score (nSPS) is 18.3. The second kappa shape index (κ2) is 10.4. The van der Waals surface area contributed by atoms with Crippen molar-refractivity contribution in [2.75, 3.05) is 31.1 Å². The van der Waals surface area contributed by atoms with E-state index < -0.39 is 0 Å². The first kappa shape index (κ1) is 23.9. The van der Waals surface area contributed by atoms with Crippen LogP contribution in [-0.4, -0.2) is 58.9 Å². The molecule has 2 fully saturated rings. The molecule has 4 heterocycles. The number of hydrogen-bond acceptors (Lipinski definition) is 6. The van der Waals surface area contributed by atoms with E-state index in [1.807, 2.05) is 4.90 Å². The predicted octanol–water partition coefficient (Wildman–Crippen LogP) is 4.07. The number of amides is 2. The zero-order valence-electron chi connectivity index (χ0n) is 20.4. The second-order valence-electron chi connectivity index (χ2n) is 9.54. The average Bonchev–Trinajstić information content (AvgIpc) is 3.14. The fourth-order valence-electron chi connectivity index (χ4n) is 5.22. The average molecular weight is 472 g/mol. The van der Waals surface area contributed by atoms with Crippen molar-refractivity contribution < 1.29 is 9.59 Å². The van der Waals surface area contributed by atoms with Crippen LogP contribution in [0.25, 0.3) is 10.2 Å². The van der Waals surface area contributed by atoms with E-state index in [-0.39, 0.29) is 29.7 Å². The Kier molecular flexibility index (Phi) is 7.51. The summed E-state index contributed by atoms with van der Waals surface area (Å²) in [6.45, 7) is 11.6. The number of aryl methyl sites for hydroxylation is 2. The number of thiophene rings is 1. The Morgan fingerprint density at radius 1 is 1.06 bits per heavy atom. The van der Waals surface area contributed by atoms with Crippen LogP contribution in [0, 0.1) is 25.7 Å². The van der Waals surface area contributed by atoms with Gasteiger partial charge in [-0.1, -0.05) is 13.8 Å². The maximum absolute atomic E-state index is 13.0. The van der Waals surface area contributed by atoms with Crippen molar-refractivity contribution in [3.05, 3.63) is 16.8 Å². The number of likely N-dealkylation sites (tertiary alicyclic amines) is 1. The first-order valence-corrected chi connectivity index (χ1v) is 13.3. The third-order valence-electron chi connectivity index (χ3n) is 7.60. The highest BCUT2D eigenvalue weighted by atomic mass is 32.1. The number of anilines is 1. The monoisotopic (exact) mass is 471 g/mol. The van der Waals surface area contributed by atoms with Crippen LogP contribution in [0.2, 0.25) is 0 Å². The molecule has 8 heteroatoms. The van der Waals surface area contributed by atoms with Crippen LogP contribution in [0.4, 0.5) is 5.82 Å². The van der Waals surface area contributed by atoms with Gasteiger partial charge in [-0.2, -0.15) is 0 Å². The van der Waals surface area contributed by atoms with Crippen molar-refractivity contribution in [1.29, 1.82) is 0 Å². The number of carbonyl (C=O) groups is 2. The summed E-state index contributed by atoms with van der Waals surface area (Å²) < 4.78 is 0. The van der Waals surface area contributed by atoms with Crippen LogP contribution >= 0.6 is 11.3 Å².